The Bertz CT molecular complexity index is 993. The molecule has 0 saturated carbocycles. The largest absolute Gasteiger partial charge is 0.494 e. The first kappa shape index (κ1) is 23.6. The predicted molar refractivity (Wildman–Crippen MR) is 113 cm³/mol. The van der Waals surface area contributed by atoms with Crippen LogP contribution in [0.1, 0.15) is 12.0 Å². The van der Waals surface area contributed by atoms with E-state index >= 15 is 0 Å². The number of piperazine rings is 1. The summed E-state index contributed by atoms with van der Waals surface area (Å²) >= 11 is 6.03. The number of alkyl halides is 3. The summed E-state index contributed by atoms with van der Waals surface area (Å²) in [5.41, 5.74) is -0.856. The van der Waals surface area contributed by atoms with Crippen LogP contribution in [0, 0.1) is 0 Å². The summed E-state index contributed by atoms with van der Waals surface area (Å²) in [5, 5.41) is -0.00133. The summed E-state index contributed by atoms with van der Waals surface area (Å²) in [6, 6.07) is 7.22. The number of pyridine rings is 1. The lowest BCUT2D eigenvalue weighted by molar-refractivity contribution is -0.137. The fourth-order valence-electron chi connectivity index (χ4n) is 3.26. The summed E-state index contributed by atoms with van der Waals surface area (Å²) in [4.78, 5) is 8.30. The molecule has 2 heterocycles. The molecule has 0 radical (unpaired) electrons. The minimum absolute atomic E-state index is 0.00133. The molecule has 1 aromatic carbocycles. The van der Waals surface area contributed by atoms with Gasteiger partial charge in [-0.2, -0.15) is 13.2 Å². The average Bonchev–Trinajstić information content (AvgIpc) is 2.71. The molecular weight excluding hydrogens is 455 g/mol. The number of anilines is 1. The van der Waals surface area contributed by atoms with Crippen molar-refractivity contribution < 1.29 is 26.3 Å². The molecule has 31 heavy (non-hydrogen) atoms. The number of aromatic nitrogens is 1. The molecule has 0 amide bonds. The SMILES string of the molecule is CS(=O)(=O)c1ccc(OCCCN2CCN(c3ncc(C(F)(F)F)cc3Cl)CC2)cc1. The van der Waals surface area contributed by atoms with Gasteiger partial charge in [0.2, 0.25) is 0 Å². The number of benzene rings is 1. The number of ether oxygens (including phenoxy) is 1. The molecule has 0 spiro atoms. The molecule has 1 aromatic heterocycles. The van der Waals surface area contributed by atoms with Crippen LogP contribution >= 0.6 is 11.6 Å². The summed E-state index contributed by atoms with van der Waals surface area (Å²) in [6.45, 7) is 4.01. The van der Waals surface area contributed by atoms with Crippen LogP contribution in [0.15, 0.2) is 41.4 Å². The molecule has 3 rings (SSSR count). The van der Waals surface area contributed by atoms with Crippen molar-refractivity contribution in [2.24, 2.45) is 0 Å². The average molecular weight is 478 g/mol. The first-order chi connectivity index (χ1) is 14.5. The minimum Gasteiger partial charge on any atom is -0.494 e. The number of rotatable bonds is 7. The number of sulfone groups is 1. The van der Waals surface area contributed by atoms with Crippen molar-refractivity contribution in [3.05, 3.63) is 47.1 Å². The van der Waals surface area contributed by atoms with Gasteiger partial charge in [0.05, 0.1) is 22.1 Å². The van der Waals surface area contributed by atoms with Crippen LogP contribution in [0.25, 0.3) is 0 Å². The van der Waals surface area contributed by atoms with Gasteiger partial charge < -0.3 is 9.64 Å². The van der Waals surface area contributed by atoms with Gasteiger partial charge >= 0.3 is 6.18 Å². The molecule has 0 N–H and O–H groups in total. The van der Waals surface area contributed by atoms with Crippen LogP contribution in [-0.2, 0) is 16.0 Å². The van der Waals surface area contributed by atoms with Crippen molar-refractivity contribution in [1.82, 2.24) is 9.88 Å². The second kappa shape index (κ2) is 9.62. The third-order valence-corrected chi connectivity index (χ3v) is 6.37. The Hall–Kier alpha value is -2.04. The van der Waals surface area contributed by atoms with E-state index in [-0.39, 0.29) is 9.92 Å². The van der Waals surface area contributed by atoms with Crippen LogP contribution in [-0.4, -0.2) is 63.9 Å². The van der Waals surface area contributed by atoms with Gasteiger partial charge in [-0.25, -0.2) is 13.4 Å². The molecule has 1 aliphatic rings. The van der Waals surface area contributed by atoms with E-state index in [0.29, 0.717) is 31.3 Å². The zero-order valence-electron chi connectivity index (χ0n) is 16.9. The van der Waals surface area contributed by atoms with Gasteiger partial charge in [-0.05, 0) is 36.8 Å². The maximum atomic E-state index is 12.8. The van der Waals surface area contributed by atoms with Crippen molar-refractivity contribution in [3.8, 4) is 5.75 Å². The highest BCUT2D eigenvalue weighted by atomic mass is 35.5. The Morgan fingerprint density at radius 3 is 2.32 bits per heavy atom. The molecule has 1 aliphatic heterocycles. The number of hydrogen-bond acceptors (Lipinski definition) is 6. The predicted octanol–water partition coefficient (Wildman–Crippen LogP) is 3.75. The summed E-state index contributed by atoms with van der Waals surface area (Å²) in [7, 11) is -3.22. The normalized spacial score (nSPS) is 15.8. The van der Waals surface area contributed by atoms with Gasteiger partial charge in [-0.15, -0.1) is 0 Å². The highest BCUT2D eigenvalue weighted by Gasteiger charge is 2.32. The molecule has 0 unspecified atom stereocenters. The zero-order chi connectivity index (χ0) is 22.6. The molecule has 2 aromatic rings. The van der Waals surface area contributed by atoms with Gasteiger partial charge in [0, 0.05) is 45.2 Å². The summed E-state index contributed by atoms with van der Waals surface area (Å²) in [6.07, 6.45) is -1.71. The topological polar surface area (TPSA) is 62.7 Å². The first-order valence-electron chi connectivity index (χ1n) is 9.67. The maximum Gasteiger partial charge on any atom is 0.417 e. The number of halogens is 4. The monoisotopic (exact) mass is 477 g/mol. The van der Waals surface area contributed by atoms with E-state index in [1.165, 1.54) is 12.1 Å². The lowest BCUT2D eigenvalue weighted by Gasteiger charge is -2.35. The van der Waals surface area contributed by atoms with Crippen LogP contribution < -0.4 is 9.64 Å². The third-order valence-electron chi connectivity index (χ3n) is 4.96. The first-order valence-corrected chi connectivity index (χ1v) is 11.9. The zero-order valence-corrected chi connectivity index (χ0v) is 18.5. The van der Waals surface area contributed by atoms with E-state index in [4.69, 9.17) is 16.3 Å². The lowest BCUT2D eigenvalue weighted by atomic mass is 10.2. The second-order valence-corrected chi connectivity index (χ2v) is 9.72. The molecule has 1 saturated heterocycles. The highest BCUT2D eigenvalue weighted by molar-refractivity contribution is 7.90. The van der Waals surface area contributed by atoms with Crippen molar-refractivity contribution in [2.75, 3.05) is 50.5 Å². The van der Waals surface area contributed by atoms with Crippen LogP contribution in [0.4, 0.5) is 19.0 Å². The second-order valence-electron chi connectivity index (χ2n) is 7.30. The van der Waals surface area contributed by atoms with Crippen LogP contribution in [0.3, 0.4) is 0 Å². The van der Waals surface area contributed by atoms with Gasteiger partial charge in [0.15, 0.2) is 9.84 Å². The molecular formula is C20H23ClF3N3O3S. The molecule has 11 heteroatoms. The number of nitrogens with zero attached hydrogens (tertiary/aromatic N) is 3. The van der Waals surface area contributed by atoms with Gasteiger partial charge in [-0.3, -0.25) is 4.90 Å². The van der Waals surface area contributed by atoms with E-state index in [1.807, 2.05) is 4.90 Å². The van der Waals surface area contributed by atoms with Gasteiger partial charge in [0.1, 0.15) is 11.6 Å². The smallest absolute Gasteiger partial charge is 0.417 e. The summed E-state index contributed by atoms with van der Waals surface area (Å²) in [5.74, 6) is 0.982. The van der Waals surface area contributed by atoms with E-state index in [2.05, 4.69) is 9.88 Å². The van der Waals surface area contributed by atoms with Gasteiger partial charge in [-0.1, -0.05) is 11.6 Å². The highest BCUT2D eigenvalue weighted by Crippen LogP contribution is 2.33. The Morgan fingerprint density at radius 2 is 1.77 bits per heavy atom. The Labute approximate surface area is 184 Å². The van der Waals surface area contributed by atoms with Crippen molar-refractivity contribution in [3.63, 3.8) is 0 Å². The van der Waals surface area contributed by atoms with Crippen LogP contribution in [0.2, 0.25) is 5.02 Å². The summed E-state index contributed by atoms with van der Waals surface area (Å²) < 4.78 is 66.9. The van der Waals surface area contributed by atoms with E-state index < -0.39 is 21.6 Å². The Morgan fingerprint density at radius 1 is 1.13 bits per heavy atom. The van der Waals surface area contributed by atoms with E-state index in [0.717, 1.165) is 44.6 Å². The minimum atomic E-state index is -4.47. The third kappa shape index (κ3) is 6.47. The lowest BCUT2D eigenvalue weighted by Crippen LogP contribution is -2.47. The maximum absolute atomic E-state index is 12.8. The quantitative estimate of drug-likeness (QED) is 0.566. The number of hydrogen-bond donors (Lipinski definition) is 0. The Kier molecular flexibility index (Phi) is 7.33. The fourth-order valence-corrected chi connectivity index (χ4v) is 4.18. The molecule has 170 valence electrons. The molecule has 6 nitrogen and oxygen atoms in total. The van der Waals surface area contributed by atoms with E-state index in [9.17, 15) is 21.6 Å². The van der Waals surface area contributed by atoms with Crippen molar-refractivity contribution >= 4 is 27.3 Å². The van der Waals surface area contributed by atoms with Crippen molar-refractivity contribution in [1.29, 1.82) is 0 Å². The van der Waals surface area contributed by atoms with Gasteiger partial charge in [0.25, 0.3) is 0 Å². The molecule has 1 fully saturated rings. The Balaban J connectivity index is 1.42. The standard InChI is InChI=1S/C20H23ClF3N3O3S/c1-31(28,29)17-5-3-16(4-6-17)30-12-2-7-26-8-10-27(11-9-26)19-18(21)13-15(14-25-19)20(22,23)24/h3-6,13-14H,2,7-12H2,1H3. The molecule has 0 atom stereocenters. The van der Waals surface area contributed by atoms with E-state index in [1.54, 1.807) is 12.1 Å². The van der Waals surface area contributed by atoms with Crippen LogP contribution in [0.5, 0.6) is 5.75 Å². The molecule has 0 aliphatic carbocycles. The molecule has 0 bridgehead atoms. The van der Waals surface area contributed by atoms with Crippen molar-refractivity contribution in [2.45, 2.75) is 17.5 Å². The fraction of sp³-hybridized carbons (Fsp3) is 0.450.